The molecule has 0 aliphatic carbocycles. The van der Waals surface area contributed by atoms with Crippen LogP contribution in [0.25, 0.3) is 10.2 Å². The fourth-order valence-corrected chi connectivity index (χ4v) is 2.55. The van der Waals surface area contributed by atoms with E-state index in [2.05, 4.69) is 68.3 Å². The maximum Gasteiger partial charge on any atom is 0.183 e. The van der Waals surface area contributed by atoms with Gasteiger partial charge in [0, 0.05) is 12.1 Å². The number of anilines is 1. The Hall–Kier alpha value is -1.13. The molecule has 2 rings (SSSR count). The van der Waals surface area contributed by atoms with Gasteiger partial charge in [0.1, 0.15) is 0 Å². The summed E-state index contributed by atoms with van der Waals surface area (Å²) in [6, 6.07) is 6.32. The number of aromatic nitrogens is 1. The van der Waals surface area contributed by atoms with Crippen molar-refractivity contribution in [2.75, 3.05) is 26.0 Å². The third kappa shape index (κ3) is 2.65. The van der Waals surface area contributed by atoms with E-state index in [0.717, 1.165) is 17.2 Å². The topological polar surface area (TPSA) is 28.2 Å². The molecule has 0 bridgehead atoms. The third-order valence-corrected chi connectivity index (χ3v) is 4.48. The monoisotopic (exact) mass is 263 g/mol. The van der Waals surface area contributed by atoms with E-state index in [1.165, 1.54) is 10.3 Å². The molecule has 0 unspecified atom stereocenters. The summed E-state index contributed by atoms with van der Waals surface area (Å²) in [6.07, 6.45) is 0. The van der Waals surface area contributed by atoms with Crippen LogP contribution in [0.2, 0.25) is 0 Å². The van der Waals surface area contributed by atoms with Crippen molar-refractivity contribution in [2.24, 2.45) is 0 Å². The van der Waals surface area contributed by atoms with E-state index >= 15 is 0 Å². The van der Waals surface area contributed by atoms with Gasteiger partial charge in [0.2, 0.25) is 0 Å². The largest absolute Gasteiger partial charge is 0.360 e. The molecule has 3 nitrogen and oxygen atoms in total. The predicted octanol–water partition coefficient (Wildman–Crippen LogP) is 3.36. The number of para-hydroxylation sites is 1. The minimum atomic E-state index is 0.118. The molecule has 4 heteroatoms. The Bertz CT molecular complexity index is 543. The van der Waals surface area contributed by atoms with Crippen LogP contribution in [0.1, 0.15) is 19.4 Å². The van der Waals surface area contributed by atoms with E-state index in [1.807, 2.05) is 0 Å². The van der Waals surface area contributed by atoms with E-state index in [9.17, 15) is 0 Å². The maximum absolute atomic E-state index is 4.66. The summed E-state index contributed by atoms with van der Waals surface area (Å²) >= 11 is 1.72. The smallest absolute Gasteiger partial charge is 0.183 e. The van der Waals surface area contributed by atoms with Gasteiger partial charge in [-0.05, 0) is 46.5 Å². The number of hydrogen-bond donors (Lipinski definition) is 1. The van der Waals surface area contributed by atoms with Crippen LogP contribution in [-0.2, 0) is 0 Å². The van der Waals surface area contributed by atoms with Gasteiger partial charge in [-0.2, -0.15) is 0 Å². The molecule has 0 aliphatic rings. The Balaban J connectivity index is 2.16. The Labute approximate surface area is 113 Å². The van der Waals surface area contributed by atoms with Crippen LogP contribution >= 0.6 is 11.3 Å². The number of nitrogens with one attached hydrogen (secondary N) is 1. The zero-order chi connectivity index (χ0) is 13.3. The molecule has 1 N–H and O–H groups in total. The van der Waals surface area contributed by atoms with Gasteiger partial charge in [-0.1, -0.05) is 23.5 Å². The van der Waals surface area contributed by atoms with Crippen LogP contribution in [0, 0.1) is 6.92 Å². The van der Waals surface area contributed by atoms with Gasteiger partial charge >= 0.3 is 0 Å². The lowest BCUT2D eigenvalue weighted by Crippen LogP contribution is -2.44. The summed E-state index contributed by atoms with van der Waals surface area (Å²) in [5.41, 5.74) is 2.48. The van der Waals surface area contributed by atoms with Gasteiger partial charge in [-0.3, -0.25) is 0 Å². The standard InChI is InChI=1S/C14H21N3S/c1-10-7-6-8-11-12(10)16-13(18-11)15-9-14(2,3)17(4)5/h6-8H,9H2,1-5H3,(H,15,16). The van der Waals surface area contributed by atoms with Crippen LogP contribution in [0.4, 0.5) is 5.13 Å². The number of fused-ring (bicyclic) bond motifs is 1. The van der Waals surface area contributed by atoms with Crippen molar-refractivity contribution in [3.63, 3.8) is 0 Å². The highest BCUT2D eigenvalue weighted by Crippen LogP contribution is 2.28. The second-order valence-corrected chi connectivity index (χ2v) is 6.53. The van der Waals surface area contributed by atoms with Crippen LogP contribution in [0.3, 0.4) is 0 Å². The molecule has 0 saturated heterocycles. The fraction of sp³-hybridized carbons (Fsp3) is 0.500. The number of hydrogen-bond acceptors (Lipinski definition) is 4. The first-order valence-corrected chi connectivity index (χ1v) is 6.99. The number of benzene rings is 1. The van der Waals surface area contributed by atoms with Crippen LogP contribution < -0.4 is 5.32 Å². The Morgan fingerprint density at radius 3 is 2.67 bits per heavy atom. The Morgan fingerprint density at radius 2 is 2.06 bits per heavy atom. The van der Waals surface area contributed by atoms with E-state index in [1.54, 1.807) is 11.3 Å². The highest BCUT2D eigenvalue weighted by Gasteiger charge is 2.20. The number of nitrogens with zero attached hydrogens (tertiary/aromatic N) is 2. The SMILES string of the molecule is Cc1cccc2sc(NCC(C)(C)N(C)C)nc12. The second-order valence-electron chi connectivity index (χ2n) is 5.50. The minimum Gasteiger partial charge on any atom is -0.360 e. The first kappa shape index (κ1) is 13.3. The van der Waals surface area contributed by atoms with Crippen molar-refractivity contribution in [2.45, 2.75) is 26.3 Å². The summed E-state index contributed by atoms with van der Waals surface area (Å²) in [4.78, 5) is 6.88. The molecule has 1 aromatic carbocycles. The summed E-state index contributed by atoms with van der Waals surface area (Å²) in [7, 11) is 4.20. The molecule has 18 heavy (non-hydrogen) atoms. The average Bonchev–Trinajstić information content (AvgIpc) is 2.71. The average molecular weight is 263 g/mol. The van der Waals surface area contributed by atoms with E-state index < -0.39 is 0 Å². The van der Waals surface area contributed by atoms with Crippen molar-refractivity contribution < 1.29 is 0 Å². The molecule has 98 valence electrons. The molecule has 0 atom stereocenters. The molecule has 0 fully saturated rings. The lowest BCUT2D eigenvalue weighted by Gasteiger charge is -2.32. The maximum atomic E-state index is 4.66. The highest BCUT2D eigenvalue weighted by atomic mass is 32.1. The second kappa shape index (κ2) is 4.86. The lowest BCUT2D eigenvalue weighted by atomic mass is 10.1. The van der Waals surface area contributed by atoms with Gasteiger partial charge in [-0.15, -0.1) is 0 Å². The van der Waals surface area contributed by atoms with Gasteiger partial charge < -0.3 is 10.2 Å². The first-order chi connectivity index (χ1) is 8.40. The Morgan fingerprint density at radius 1 is 1.33 bits per heavy atom. The molecule has 1 heterocycles. The van der Waals surface area contributed by atoms with E-state index in [0.29, 0.717) is 0 Å². The van der Waals surface area contributed by atoms with Crippen LogP contribution in [0.15, 0.2) is 18.2 Å². The van der Waals surface area contributed by atoms with Gasteiger partial charge in [0.05, 0.1) is 10.2 Å². The van der Waals surface area contributed by atoms with E-state index in [4.69, 9.17) is 0 Å². The zero-order valence-electron chi connectivity index (χ0n) is 11.7. The molecule has 0 amide bonds. The molecule has 0 spiro atoms. The summed E-state index contributed by atoms with van der Waals surface area (Å²) < 4.78 is 1.25. The quantitative estimate of drug-likeness (QED) is 0.917. The predicted molar refractivity (Wildman–Crippen MR) is 80.6 cm³/mol. The summed E-state index contributed by atoms with van der Waals surface area (Å²) in [5.74, 6) is 0. The lowest BCUT2D eigenvalue weighted by molar-refractivity contribution is 0.210. The van der Waals surface area contributed by atoms with E-state index in [-0.39, 0.29) is 5.54 Å². The van der Waals surface area contributed by atoms with Gasteiger partial charge in [0.15, 0.2) is 5.13 Å². The zero-order valence-corrected chi connectivity index (χ0v) is 12.6. The first-order valence-electron chi connectivity index (χ1n) is 6.17. The number of thiazole rings is 1. The molecule has 1 aromatic heterocycles. The molecule has 0 saturated carbocycles. The van der Waals surface area contributed by atoms with Crippen molar-refractivity contribution in [1.82, 2.24) is 9.88 Å². The highest BCUT2D eigenvalue weighted by molar-refractivity contribution is 7.22. The summed E-state index contributed by atoms with van der Waals surface area (Å²) in [5, 5.41) is 4.46. The molecular formula is C14H21N3S. The minimum absolute atomic E-state index is 0.118. The van der Waals surface area contributed by atoms with Gasteiger partial charge in [-0.25, -0.2) is 4.98 Å². The normalized spacial score (nSPS) is 12.3. The Kier molecular flexibility index (Phi) is 3.59. The van der Waals surface area contributed by atoms with Gasteiger partial charge in [0.25, 0.3) is 0 Å². The molecular weight excluding hydrogens is 242 g/mol. The van der Waals surface area contributed by atoms with Crippen molar-refractivity contribution in [1.29, 1.82) is 0 Å². The summed E-state index contributed by atoms with van der Waals surface area (Å²) in [6.45, 7) is 7.44. The number of rotatable bonds is 4. The third-order valence-electron chi connectivity index (χ3n) is 3.50. The number of aryl methyl sites for hydroxylation is 1. The van der Waals surface area contributed by atoms with Crippen LogP contribution in [-0.4, -0.2) is 36.1 Å². The molecule has 0 aliphatic heterocycles. The van der Waals surface area contributed by atoms with Crippen molar-refractivity contribution in [3.8, 4) is 0 Å². The molecule has 0 radical (unpaired) electrons. The van der Waals surface area contributed by atoms with Crippen molar-refractivity contribution >= 4 is 26.7 Å². The van der Waals surface area contributed by atoms with Crippen molar-refractivity contribution in [3.05, 3.63) is 23.8 Å². The molecule has 2 aromatic rings. The van der Waals surface area contributed by atoms with Crippen LogP contribution in [0.5, 0.6) is 0 Å². The fourth-order valence-electron chi connectivity index (χ4n) is 1.61. The number of likely N-dealkylation sites (N-methyl/N-ethyl adjacent to an activating group) is 1.